The van der Waals surface area contributed by atoms with Crippen LogP contribution in [0, 0.1) is 11.3 Å². The predicted molar refractivity (Wildman–Crippen MR) is 112 cm³/mol. The summed E-state index contributed by atoms with van der Waals surface area (Å²) in [6, 6.07) is 17.6. The van der Waals surface area contributed by atoms with Gasteiger partial charge in [0.25, 0.3) is 0 Å². The largest absolute Gasteiger partial charge is 0.481 e. The maximum atomic E-state index is 14.2. The van der Waals surface area contributed by atoms with E-state index in [1.54, 1.807) is 60.7 Å². The Morgan fingerprint density at radius 2 is 1.39 bits per heavy atom. The topological polar surface area (TPSA) is 110 Å². The summed E-state index contributed by atoms with van der Waals surface area (Å²) in [6.07, 6.45) is -3.15. The average Bonchev–Trinajstić information content (AvgIpc) is 2.76. The van der Waals surface area contributed by atoms with Gasteiger partial charge < -0.3 is 19.3 Å². The second kappa shape index (κ2) is 10.7. The van der Waals surface area contributed by atoms with Crippen LogP contribution in [0.25, 0.3) is 0 Å². The molecule has 0 aromatic heterocycles. The molecule has 168 valence electrons. The van der Waals surface area contributed by atoms with Crippen LogP contribution in [0.1, 0.15) is 25.0 Å². The third kappa shape index (κ3) is 6.72. The van der Waals surface area contributed by atoms with Crippen molar-refractivity contribution < 1.29 is 37.8 Å². The Morgan fingerprint density at radius 1 is 0.968 bits per heavy atom. The first-order chi connectivity index (χ1) is 14.6. The molecule has 0 amide bonds. The Labute approximate surface area is 180 Å². The van der Waals surface area contributed by atoms with Crippen LogP contribution in [-0.4, -0.2) is 34.5 Å². The van der Waals surface area contributed by atoms with Gasteiger partial charge in [0.15, 0.2) is 0 Å². The van der Waals surface area contributed by atoms with Gasteiger partial charge in [0.2, 0.25) is 6.17 Å². The number of carbonyl (C=O) groups is 2. The van der Waals surface area contributed by atoms with Gasteiger partial charge >= 0.3 is 19.5 Å². The molecule has 2 rings (SSSR count). The van der Waals surface area contributed by atoms with Gasteiger partial charge in [-0.15, -0.1) is 0 Å². The molecule has 2 aromatic carbocycles. The van der Waals surface area contributed by atoms with Gasteiger partial charge in [-0.05, 0) is 18.1 Å². The van der Waals surface area contributed by atoms with Gasteiger partial charge in [0.1, 0.15) is 0 Å². The van der Waals surface area contributed by atoms with Crippen molar-refractivity contribution in [1.29, 1.82) is 0 Å². The van der Waals surface area contributed by atoms with E-state index in [-0.39, 0.29) is 13.2 Å². The van der Waals surface area contributed by atoms with Crippen molar-refractivity contribution in [3.05, 3.63) is 71.8 Å². The normalized spacial score (nSPS) is 15.6. The van der Waals surface area contributed by atoms with Crippen molar-refractivity contribution in [2.24, 2.45) is 11.3 Å². The molecule has 0 saturated carbocycles. The summed E-state index contributed by atoms with van der Waals surface area (Å²) in [5.41, 5.74) is -0.643. The van der Waals surface area contributed by atoms with Crippen LogP contribution in [0.15, 0.2) is 60.7 Å². The van der Waals surface area contributed by atoms with Gasteiger partial charge in [0.05, 0.1) is 24.8 Å². The molecule has 2 N–H and O–H groups in total. The summed E-state index contributed by atoms with van der Waals surface area (Å²) in [6.45, 7) is 2.08. The number of aliphatic carboxylic acids is 2. The van der Waals surface area contributed by atoms with Gasteiger partial charge in [-0.1, -0.05) is 67.6 Å². The lowest BCUT2D eigenvalue weighted by molar-refractivity contribution is -0.156. The van der Waals surface area contributed by atoms with E-state index in [4.69, 9.17) is 14.2 Å². The first-order valence-corrected chi connectivity index (χ1v) is 11.4. The van der Waals surface area contributed by atoms with E-state index in [9.17, 15) is 23.7 Å². The average molecular weight is 452 g/mol. The van der Waals surface area contributed by atoms with Crippen molar-refractivity contribution in [3.8, 4) is 0 Å². The minimum atomic E-state index is -4.09. The first kappa shape index (κ1) is 24.7. The molecule has 1 unspecified atom stereocenters. The molecule has 0 aliphatic rings. The van der Waals surface area contributed by atoms with Gasteiger partial charge in [-0.3, -0.25) is 9.36 Å². The lowest BCUT2D eigenvalue weighted by Gasteiger charge is -2.34. The summed E-state index contributed by atoms with van der Waals surface area (Å²) in [4.78, 5) is 23.1. The first-order valence-electron chi connectivity index (χ1n) is 9.64. The minimum absolute atomic E-state index is 0.116. The fraction of sp³-hybridized carbons (Fsp3) is 0.364. The number of hydrogen-bond acceptors (Lipinski definition) is 5. The van der Waals surface area contributed by atoms with Crippen LogP contribution < -0.4 is 0 Å². The molecule has 0 aliphatic heterocycles. The molecule has 0 bridgehead atoms. The highest BCUT2D eigenvalue weighted by Crippen LogP contribution is 2.56. The Kier molecular flexibility index (Phi) is 8.51. The monoisotopic (exact) mass is 452 g/mol. The summed E-state index contributed by atoms with van der Waals surface area (Å²) < 4.78 is 39.0. The molecule has 0 fully saturated rings. The standard InChI is InChI=1S/C22H26FO7P/c1-16(19(23)20(24)25)22(2,21(26)27)15-31(28,29-13-17-9-5-3-6-10-17)30-14-18-11-7-4-8-12-18/h3-12,16,19H,13-15H2,1-2H3,(H,24,25)(H,26,27)/t16?,19-,22-/m0/s1. The van der Waals surface area contributed by atoms with E-state index in [1.165, 1.54) is 0 Å². The smallest absolute Gasteiger partial charge is 0.338 e. The molecule has 0 heterocycles. The molecular formula is C22H26FO7P. The summed E-state index contributed by atoms with van der Waals surface area (Å²) in [7, 11) is -4.09. The SMILES string of the molecule is CC([C@H](F)C(=O)O)[C@](C)(CP(=O)(OCc1ccccc1)OCc1ccccc1)C(=O)O. The second-order valence-corrected chi connectivity index (χ2v) is 9.59. The number of benzene rings is 2. The van der Waals surface area contributed by atoms with E-state index in [2.05, 4.69) is 0 Å². The Bertz CT molecular complexity index is 874. The highest BCUT2D eigenvalue weighted by molar-refractivity contribution is 7.53. The van der Waals surface area contributed by atoms with Gasteiger partial charge in [-0.25, -0.2) is 9.18 Å². The maximum absolute atomic E-state index is 14.2. The molecule has 3 atom stereocenters. The van der Waals surface area contributed by atoms with Crippen LogP contribution in [0.5, 0.6) is 0 Å². The maximum Gasteiger partial charge on any atom is 0.338 e. The number of halogens is 1. The second-order valence-electron chi connectivity index (χ2n) is 7.54. The molecule has 0 radical (unpaired) electrons. The quantitative estimate of drug-likeness (QED) is 0.447. The lowest BCUT2D eigenvalue weighted by atomic mass is 9.77. The molecule has 0 saturated heterocycles. The van der Waals surface area contributed by atoms with E-state index in [1.807, 2.05) is 0 Å². The number of hydrogen-bond donors (Lipinski definition) is 2. The fourth-order valence-electron chi connectivity index (χ4n) is 2.97. The minimum Gasteiger partial charge on any atom is -0.481 e. The van der Waals surface area contributed by atoms with E-state index >= 15 is 0 Å². The van der Waals surface area contributed by atoms with E-state index in [0.717, 1.165) is 13.8 Å². The van der Waals surface area contributed by atoms with Crippen molar-refractivity contribution >= 4 is 19.5 Å². The highest BCUT2D eigenvalue weighted by atomic mass is 31.2. The zero-order chi connectivity index (χ0) is 23.1. The lowest BCUT2D eigenvalue weighted by Crippen LogP contribution is -2.44. The van der Waals surface area contributed by atoms with Crippen LogP contribution in [0.2, 0.25) is 0 Å². The van der Waals surface area contributed by atoms with Crippen LogP contribution in [0.3, 0.4) is 0 Å². The molecule has 2 aromatic rings. The van der Waals surface area contributed by atoms with Crippen molar-refractivity contribution in [2.45, 2.75) is 33.2 Å². The van der Waals surface area contributed by atoms with Gasteiger partial charge in [-0.2, -0.15) is 0 Å². The zero-order valence-electron chi connectivity index (χ0n) is 17.3. The third-order valence-corrected chi connectivity index (χ3v) is 7.32. The Balaban J connectivity index is 2.30. The number of alkyl halides is 1. The summed E-state index contributed by atoms with van der Waals surface area (Å²) in [5.74, 6) is -4.77. The molecule has 7 nitrogen and oxygen atoms in total. The molecule has 9 heteroatoms. The molecular weight excluding hydrogens is 426 g/mol. The Morgan fingerprint density at radius 3 is 1.74 bits per heavy atom. The summed E-state index contributed by atoms with van der Waals surface area (Å²) in [5, 5.41) is 18.8. The van der Waals surface area contributed by atoms with Crippen LogP contribution in [0.4, 0.5) is 4.39 Å². The highest BCUT2D eigenvalue weighted by Gasteiger charge is 2.50. The van der Waals surface area contributed by atoms with Crippen LogP contribution >= 0.6 is 7.60 Å². The van der Waals surface area contributed by atoms with Crippen molar-refractivity contribution in [2.75, 3.05) is 6.16 Å². The number of carboxylic acid groups (broad SMARTS) is 2. The van der Waals surface area contributed by atoms with Gasteiger partial charge in [0, 0.05) is 5.92 Å². The van der Waals surface area contributed by atoms with E-state index < -0.39 is 43.2 Å². The summed E-state index contributed by atoms with van der Waals surface area (Å²) >= 11 is 0. The molecule has 0 aliphatic carbocycles. The predicted octanol–water partition coefficient (Wildman–Crippen LogP) is 4.76. The van der Waals surface area contributed by atoms with Crippen molar-refractivity contribution in [1.82, 2.24) is 0 Å². The number of carboxylic acids is 2. The van der Waals surface area contributed by atoms with Crippen LogP contribution in [-0.2, 0) is 36.4 Å². The zero-order valence-corrected chi connectivity index (χ0v) is 18.2. The Hall–Kier alpha value is -2.54. The molecule has 31 heavy (non-hydrogen) atoms. The molecule has 0 spiro atoms. The van der Waals surface area contributed by atoms with Crippen molar-refractivity contribution in [3.63, 3.8) is 0 Å². The van der Waals surface area contributed by atoms with E-state index in [0.29, 0.717) is 11.1 Å². The fourth-order valence-corrected chi connectivity index (χ4v) is 5.14. The number of rotatable bonds is 12. The third-order valence-electron chi connectivity index (χ3n) is 5.23.